The van der Waals surface area contributed by atoms with Gasteiger partial charge in [0.2, 0.25) is 0 Å². The van der Waals surface area contributed by atoms with Gasteiger partial charge in [-0.15, -0.1) is 0 Å². The molecule has 0 aliphatic carbocycles. The summed E-state index contributed by atoms with van der Waals surface area (Å²) in [5, 5.41) is 0. The van der Waals surface area contributed by atoms with E-state index in [1.807, 2.05) is 0 Å². The Labute approximate surface area is 136 Å². The number of halogens is 4. The summed E-state index contributed by atoms with van der Waals surface area (Å²) < 4.78 is 57.3. The van der Waals surface area contributed by atoms with Crippen LogP contribution in [0.3, 0.4) is 0 Å². The van der Waals surface area contributed by atoms with Crippen LogP contribution in [0.25, 0.3) is 0 Å². The summed E-state index contributed by atoms with van der Waals surface area (Å²) in [7, 11) is 0. The highest BCUT2D eigenvalue weighted by molar-refractivity contribution is 5.42. The van der Waals surface area contributed by atoms with Crippen molar-refractivity contribution in [3.05, 3.63) is 48.2 Å². The van der Waals surface area contributed by atoms with Crippen molar-refractivity contribution in [2.45, 2.75) is 12.6 Å². The average Bonchev–Trinajstić information content (AvgIpc) is 3.01. The summed E-state index contributed by atoms with van der Waals surface area (Å²) in [5.41, 5.74) is -1.08. The third-order valence-corrected chi connectivity index (χ3v) is 3.87. The smallest absolute Gasteiger partial charge is 0.417 e. The third-order valence-electron chi connectivity index (χ3n) is 3.87. The number of nitrogens with zero attached hydrogens (tertiary/aromatic N) is 3. The van der Waals surface area contributed by atoms with E-state index < -0.39 is 17.6 Å². The monoisotopic (exact) mass is 341 g/mol. The Balaban J connectivity index is 1.61. The predicted molar refractivity (Wildman–Crippen MR) is 79.2 cm³/mol. The van der Waals surface area contributed by atoms with Crippen LogP contribution in [0.4, 0.5) is 23.4 Å². The quantitative estimate of drug-likeness (QED) is 0.798. The van der Waals surface area contributed by atoms with E-state index in [4.69, 9.17) is 4.74 Å². The first-order valence-electron chi connectivity index (χ1n) is 7.44. The van der Waals surface area contributed by atoms with Crippen LogP contribution in [0.5, 0.6) is 5.75 Å². The molecule has 2 aromatic heterocycles. The molecule has 128 valence electrons. The summed E-state index contributed by atoms with van der Waals surface area (Å²) in [6, 6.07) is 3.97. The van der Waals surface area contributed by atoms with Gasteiger partial charge in [0.1, 0.15) is 5.75 Å². The van der Waals surface area contributed by atoms with Gasteiger partial charge in [-0.25, -0.2) is 9.37 Å². The molecule has 1 aliphatic rings. The van der Waals surface area contributed by atoms with Crippen molar-refractivity contribution >= 4 is 5.82 Å². The maximum atomic E-state index is 14.0. The number of anilines is 1. The first kappa shape index (κ1) is 16.5. The van der Waals surface area contributed by atoms with Crippen LogP contribution in [0.2, 0.25) is 0 Å². The molecule has 1 unspecified atom stereocenters. The highest BCUT2D eigenvalue weighted by Crippen LogP contribution is 2.32. The van der Waals surface area contributed by atoms with Crippen LogP contribution in [-0.2, 0) is 6.18 Å². The second-order valence-corrected chi connectivity index (χ2v) is 5.62. The molecule has 0 N–H and O–H groups in total. The van der Waals surface area contributed by atoms with Crippen molar-refractivity contribution in [1.82, 2.24) is 9.97 Å². The van der Waals surface area contributed by atoms with Crippen molar-refractivity contribution in [2.24, 2.45) is 5.92 Å². The van der Waals surface area contributed by atoms with Gasteiger partial charge in [0.25, 0.3) is 0 Å². The van der Waals surface area contributed by atoms with Gasteiger partial charge in [0.15, 0.2) is 11.6 Å². The molecule has 24 heavy (non-hydrogen) atoms. The molecule has 8 heteroatoms. The van der Waals surface area contributed by atoms with E-state index in [-0.39, 0.29) is 11.7 Å². The molecule has 1 atom stereocenters. The number of ether oxygens (including phenoxy) is 1. The van der Waals surface area contributed by atoms with E-state index in [0.29, 0.717) is 37.7 Å². The largest absolute Gasteiger partial charge is 0.493 e. The summed E-state index contributed by atoms with van der Waals surface area (Å²) in [6.45, 7) is 1.46. The van der Waals surface area contributed by atoms with Crippen LogP contribution in [0.15, 0.2) is 36.8 Å². The fourth-order valence-electron chi connectivity index (χ4n) is 2.63. The maximum Gasteiger partial charge on any atom is 0.417 e. The van der Waals surface area contributed by atoms with Crippen molar-refractivity contribution in [1.29, 1.82) is 0 Å². The van der Waals surface area contributed by atoms with Gasteiger partial charge in [0.05, 0.1) is 12.2 Å². The van der Waals surface area contributed by atoms with Gasteiger partial charge < -0.3 is 9.64 Å². The van der Waals surface area contributed by atoms with Crippen molar-refractivity contribution in [3.63, 3.8) is 0 Å². The van der Waals surface area contributed by atoms with Gasteiger partial charge in [-0.2, -0.15) is 13.2 Å². The van der Waals surface area contributed by atoms with Crippen molar-refractivity contribution in [2.75, 3.05) is 24.6 Å². The molecule has 2 aromatic rings. The molecule has 0 spiro atoms. The van der Waals surface area contributed by atoms with Gasteiger partial charge >= 0.3 is 6.18 Å². The van der Waals surface area contributed by atoms with Crippen LogP contribution in [0.1, 0.15) is 12.0 Å². The van der Waals surface area contributed by atoms with Crippen molar-refractivity contribution < 1.29 is 22.3 Å². The summed E-state index contributed by atoms with van der Waals surface area (Å²) in [5.74, 6) is -0.154. The molecule has 1 aliphatic heterocycles. The molecule has 0 bridgehead atoms. The molecular formula is C16H15F4N3O. The van der Waals surface area contributed by atoms with E-state index in [2.05, 4.69) is 9.97 Å². The van der Waals surface area contributed by atoms with Crippen LogP contribution in [-0.4, -0.2) is 29.7 Å². The van der Waals surface area contributed by atoms with E-state index in [9.17, 15) is 17.6 Å². The highest BCUT2D eigenvalue weighted by atomic mass is 19.4. The van der Waals surface area contributed by atoms with Gasteiger partial charge in [0, 0.05) is 37.6 Å². The molecule has 0 saturated carbocycles. The topological polar surface area (TPSA) is 38.2 Å². The molecule has 4 nitrogen and oxygen atoms in total. The molecule has 0 radical (unpaired) electrons. The standard InChI is InChI=1S/C16H15F4N3O/c17-14-7-12(16(18,19)20)8-22-15(14)23-6-3-11(9-23)10-24-13-1-4-21-5-2-13/h1-2,4-5,7-8,11H,3,6,9-10H2. The summed E-state index contributed by atoms with van der Waals surface area (Å²) in [6.07, 6.45) is 0.0697. The second kappa shape index (κ2) is 6.62. The van der Waals surface area contributed by atoms with Crippen LogP contribution in [0, 0.1) is 11.7 Å². The Bertz CT molecular complexity index is 693. The zero-order valence-electron chi connectivity index (χ0n) is 12.6. The Morgan fingerprint density at radius 1 is 1.25 bits per heavy atom. The fraction of sp³-hybridized carbons (Fsp3) is 0.375. The lowest BCUT2D eigenvalue weighted by Crippen LogP contribution is -2.24. The number of hydrogen-bond donors (Lipinski definition) is 0. The Kier molecular flexibility index (Phi) is 4.55. The van der Waals surface area contributed by atoms with Crippen LogP contribution >= 0.6 is 0 Å². The minimum Gasteiger partial charge on any atom is -0.493 e. The summed E-state index contributed by atoms with van der Waals surface area (Å²) >= 11 is 0. The lowest BCUT2D eigenvalue weighted by molar-refractivity contribution is -0.138. The minimum atomic E-state index is -4.60. The first-order chi connectivity index (χ1) is 11.4. The van der Waals surface area contributed by atoms with Gasteiger partial charge in [-0.3, -0.25) is 4.98 Å². The molecule has 0 amide bonds. The van der Waals surface area contributed by atoms with E-state index >= 15 is 0 Å². The van der Waals surface area contributed by atoms with E-state index in [1.165, 1.54) is 0 Å². The predicted octanol–water partition coefficient (Wildman–Crippen LogP) is 3.54. The highest BCUT2D eigenvalue weighted by Gasteiger charge is 2.33. The average molecular weight is 341 g/mol. The summed E-state index contributed by atoms with van der Waals surface area (Å²) in [4.78, 5) is 9.20. The number of rotatable bonds is 4. The fourth-order valence-corrected chi connectivity index (χ4v) is 2.63. The number of pyridine rings is 2. The Morgan fingerprint density at radius 3 is 2.67 bits per heavy atom. The lowest BCUT2D eigenvalue weighted by Gasteiger charge is -2.19. The second-order valence-electron chi connectivity index (χ2n) is 5.62. The Hall–Kier alpha value is -2.38. The molecule has 3 heterocycles. The SMILES string of the molecule is Fc1cc(C(F)(F)F)cnc1N1CCC(COc2ccncc2)C1. The number of hydrogen-bond acceptors (Lipinski definition) is 4. The lowest BCUT2D eigenvalue weighted by atomic mass is 10.1. The van der Waals surface area contributed by atoms with Crippen molar-refractivity contribution in [3.8, 4) is 5.75 Å². The first-order valence-corrected chi connectivity index (χ1v) is 7.44. The third kappa shape index (κ3) is 3.74. The number of aromatic nitrogens is 2. The Morgan fingerprint density at radius 2 is 2.00 bits per heavy atom. The maximum absolute atomic E-state index is 14.0. The van der Waals surface area contributed by atoms with E-state index in [0.717, 1.165) is 6.42 Å². The number of alkyl halides is 3. The minimum absolute atomic E-state index is 0.0468. The molecule has 3 rings (SSSR count). The molecular weight excluding hydrogens is 326 g/mol. The van der Waals surface area contributed by atoms with Crippen LogP contribution < -0.4 is 9.64 Å². The normalized spacial score (nSPS) is 18.0. The zero-order chi connectivity index (χ0) is 17.2. The molecule has 0 aromatic carbocycles. The van der Waals surface area contributed by atoms with Gasteiger partial charge in [-0.05, 0) is 24.6 Å². The molecule has 1 saturated heterocycles. The molecule has 1 fully saturated rings. The van der Waals surface area contributed by atoms with E-state index in [1.54, 1.807) is 29.4 Å². The zero-order valence-corrected chi connectivity index (χ0v) is 12.6. The van der Waals surface area contributed by atoms with Gasteiger partial charge in [-0.1, -0.05) is 0 Å².